The first-order valence-electron chi connectivity index (χ1n) is 4.51. The van der Waals surface area contributed by atoms with E-state index in [1.54, 1.807) is 14.0 Å². The van der Waals surface area contributed by atoms with Gasteiger partial charge >= 0.3 is 0 Å². The number of hydrogen-bond acceptors (Lipinski definition) is 4. The fourth-order valence-corrected chi connectivity index (χ4v) is 1.16. The summed E-state index contributed by atoms with van der Waals surface area (Å²) in [6.45, 7) is 2.57. The molecule has 0 saturated carbocycles. The van der Waals surface area contributed by atoms with Crippen LogP contribution in [-0.2, 0) is 14.4 Å². The first-order valence-corrected chi connectivity index (χ1v) is 4.51. The monoisotopic (exact) mass is 201 g/mol. The fourth-order valence-electron chi connectivity index (χ4n) is 1.16. The molecule has 1 fully saturated rings. The lowest BCUT2D eigenvalue weighted by Gasteiger charge is -2.13. The van der Waals surface area contributed by atoms with Gasteiger partial charge in [-0.15, -0.1) is 0 Å². The zero-order valence-electron chi connectivity index (χ0n) is 8.29. The number of hydrogen-bond donors (Lipinski definition) is 3. The zero-order chi connectivity index (χ0) is 10.6. The van der Waals surface area contributed by atoms with E-state index in [1.807, 2.05) is 0 Å². The Morgan fingerprint density at radius 1 is 1.79 bits per heavy atom. The number of amides is 2. The van der Waals surface area contributed by atoms with Crippen molar-refractivity contribution in [3.8, 4) is 0 Å². The van der Waals surface area contributed by atoms with Gasteiger partial charge in [0.1, 0.15) is 12.6 Å². The van der Waals surface area contributed by atoms with E-state index in [9.17, 15) is 9.59 Å². The molecule has 0 aromatic carbocycles. The van der Waals surface area contributed by atoms with Crippen LogP contribution in [0.2, 0.25) is 0 Å². The third kappa shape index (κ3) is 2.68. The van der Waals surface area contributed by atoms with Crippen LogP contribution in [0.4, 0.5) is 0 Å². The number of hydroxylamine groups is 1. The molecule has 6 heteroatoms. The smallest absolute Gasteiger partial charge is 0.268 e. The lowest BCUT2D eigenvalue weighted by Crippen LogP contribution is -2.45. The van der Waals surface area contributed by atoms with Gasteiger partial charge < -0.3 is 10.6 Å². The Balaban J connectivity index is 2.36. The van der Waals surface area contributed by atoms with E-state index in [-0.39, 0.29) is 24.3 Å². The Morgan fingerprint density at radius 3 is 3.00 bits per heavy atom. The second kappa shape index (κ2) is 4.92. The molecule has 0 radical (unpaired) electrons. The highest BCUT2D eigenvalue weighted by Crippen LogP contribution is 1.98. The van der Waals surface area contributed by atoms with E-state index < -0.39 is 6.04 Å². The summed E-state index contributed by atoms with van der Waals surface area (Å²) in [7, 11) is 1.77. The predicted octanol–water partition coefficient (Wildman–Crippen LogP) is -1.61. The van der Waals surface area contributed by atoms with Crippen LogP contribution in [0.3, 0.4) is 0 Å². The highest BCUT2D eigenvalue weighted by molar-refractivity contribution is 5.88. The van der Waals surface area contributed by atoms with Gasteiger partial charge in [0.05, 0.1) is 0 Å². The Kier molecular flexibility index (Phi) is 3.84. The maximum Gasteiger partial charge on any atom is 0.268 e. The van der Waals surface area contributed by atoms with Gasteiger partial charge in [0.25, 0.3) is 5.91 Å². The summed E-state index contributed by atoms with van der Waals surface area (Å²) in [6.07, 6.45) is 0. The highest BCUT2D eigenvalue weighted by atomic mass is 16.7. The van der Waals surface area contributed by atoms with Gasteiger partial charge in [0.15, 0.2) is 0 Å². The van der Waals surface area contributed by atoms with Crippen molar-refractivity contribution < 1.29 is 14.4 Å². The van der Waals surface area contributed by atoms with Crippen LogP contribution in [-0.4, -0.2) is 38.1 Å². The second-order valence-electron chi connectivity index (χ2n) is 3.30. The summed E-state index contributed by atoms with van der Waals surface area (Å²) >= 11 is 0. The van der Waals surface area contributed by atoms with Gasteiger partial charge in [0.2, 0.25) is 5.91 Å². The predicted molar refractivity (Wildman–Crippen MR) is 49.1 cm³/mol. The summed E-state index contributed by atoms with van der Waals surface area (Å²) in [4.78, 5) is 27.2. The van der Waals surface area contributed by atoms with E-state index in [1.165, 1.54) is 0 Å². The SMILES string of the molecule is CNCC(C)C(=O)N[C@@H]1CONC1=O. The fraction of sp³-hybridized carbons (Fsp3) is 0.750. The molecule has 1 aliphatic heterocycles. The lowest BCUT2D eigenvalue weighted by molar-refractivity contribution is -0.130. The number of carbonyl (C=O) groups excluding carboxylic acids is 2. The third-order valence-electron chi connectivity index (χ3n) is 2.01. The van der Waals surface area contributed by atoms with E-state index in [2.05, 4.69) is 21.0 Å². The van der Waals surface area contributed by atoms with Crippen LogP contribution in [0.15, 0.2) is 0 Å². The van der Waals surface area contributed by atoms with E-state index in [0.717, 1.165) is 0 Å². The number of carbonyl (C=O) groups is 2. The summed E-state index contributed by atoms with van der Waals surface area (Å²) in [5.41, 5.74) is 2.18. The molecule has 0 aromatic rings. The van der Waals surface area contributed by atoms with Gasteiger partial charge in [-0.3, -0.25) is 14.4 Å². The molecule has 2 amide bonds. The molecular weight excluding hydrogens is 186 g/mol. The van der Waals surface area contributed by atoms with Gasteiger partial charge in [-0.05, 0) is 7.05 Å². The molecule has 0 spiro atoms. The van der Waals surface area contributed by atoms with Crippen molar-refractivity contribution in [3.05, 3.63) is 0 Å². The summed E-state index contributed by atoms with van der Waals surface area (Å²) in [5.74, 6) is -0.603. The first-order chi connectivity index (χ1) is 6.65. The Bertz CT molecular complexity index is 232. The molecule has 1 rings (SSSR count). The van der Waals surface area contributed by atoms with Crippen LogP contribution < -0.4 is 16.1 Å². The maximum absolute atomic E-state index is 11.4. The molecule has 1 heterocycles. The van der Waals surface area contributed by atoms with E-state index >= 15 is 0 Å². The highest BCUT2D eigenvalue weighted by Gasteiger charge is 2.28. The van der Waals surface area contributed by atoms with Gasteiger partial charge in [0, 0.05) is 12.5 Å². The molecule has 1 aliphatic rings. The van der Waals surface area contributed by atoms with Gasteiger partial charge in [-0.25, -0.2) is 5.48 Å². The zero-order valence-corrected chi connectivity index (χ0v) is 8.29. The maximum atomic E-state index is 11.4. The van der Waals surface area contributed by atoms with Crippen molar-refractivity contribution >= 4 is 11.8 Å². The van der Waals surface area contributed by atoms with Crippen molar-refractivity contribution in [2.45, 2.75) is 13.0 Å². The Labute approximate surface area is 82.3 Å². The van der Waals surface area contributed by atoms with Crippen molar-refractivity contribution in [1.82, 2.24) is 16.1 Å². The van der Waals surface area contributed by atoms with Crippen molar-refractivity contribution in [1.29, 1.82) is 0 Å². The topological polar surface area (TPSA) is 79.5 Å². The minimum Gasteiger partial charge on any atom is -0.342 e. The van der Waals surface area contributed by atoms with Gasteiger partial charge in [-0.1, -0.05) is 6.92 Å². The van der Waals surface area contributed by atoms with E-state index in [0.29, 0.717) is 6.54 Å². The van der Waals surface area contributed by atoms with Crippen LogP contribution in [0.5, 0.6) is 0 Å². The van der Waals surface area contributed by atoms with Crippen LogP contribution in [0.1, 0.15) is 6.92 Å². The second-order valence-corrected chi connectivity index (χ2v) is 3.30. The summed E-state index contributed by atoms with van der Waals surface area (Å²) < 4.78 is 0. The standard InChI is InChI=1S/C8H15N3O3/c1-5(3-9-2)7(12)10-6-4-14-11-8(6)13/h5-6,9H,3-4H2,1-2H3,(H,10,12)(H,11,13)/t5?,6-/m1/s1. The minimum atomic E-state index is -0.554. The first kappa shape index (κ1) is 10.9. The van der Waals surface area contributed by atoms with Gasteiger partial charge in [-0.2, -0.15) is 0 Å². The molecule has 1 unspecified atom stereocenters. The average molecular weight is 201 g/mol. The summed E-state index contributed by atoms with van der Waals surface area (Å²) in [5, 5.41) is 5.49. The molecule has 0 bridgehead atoms. The molecule has 3 N–H and O–H groups in total. The van der Waals surface area contributed by atoms with Crippen molar-refractivity contribution in [2.24, 2.45) is 5.92 Å². The molecule has 2 atom stereocenters. The largest absolute Gasteiger partial charge is 0.342 e. The Morgan fingerprint density at radius 2 is 2.50 bits per heavy atom. The van der Waals surface area contributed by atoms with E-state index in [4.69, 9.17) is 0 Å². The van der Waals surface area contributed by atoms with Crippen molar-refractivity contribution in [3.63, 3.8) is 0 Å². The van der Waals surface area contributed by atoms with Crippen molar-refractivity contribution in [2.75, 3.05) is 20.2 Å². The number of rotatable bonds is 4. The third-order valence-corrected chi connectivity index (χ3v) is 2.01. The average Bonchev–Trinajstić information content (AvgIpc) is 2.52. The number of nitrogens with one attached hydrogen (secondary N) is 3. The van der Waals surface area contributed by atoms with Crippen LogP contribution >= 0.6 is 0 Å². The summed E-state index contributed by atoms with van der Waals surface area (Å²) in [6, 6.07) is -0.554. The molecular formula is C8H15N3O3. The minimum absolute atomic E-state index is 0.148. The molecule has 0 aliphatic carbocycles. The lowest BCUT2D eigenvalue weighted by atomic mass is 10.1. The normalized spacial score (nSPS) is 23.0. The molecule has 14 heavy (non-hydrogen) atoms. The van der Waals surface area contributed by atoms with Crippen LogP contribution in [0, 0.1) is 5.92 Å². The van der Waals surface area contributed by atoms with Crippen LogP contribution in [0.25, 0.3) is 0 Å². The molecule has 0 aromatic heterocycles. The molecule has 6 nitrogen and oxygen atoms in total. The molecule has 80 valence electrons. The quantitative estimate of drug-likeness (QED) is 0.511. The molecule has 1 saturated heterocycles. The Hall–Kier alpha value is -1.14.